The molecule has 1 aromatic heterocycles. The van der Waals surface area contributed by atoms with Crippen molar-refractivity contribution in [2.24, 2.45) is 0 Å². The van der Waals surface area contributed by atoms with Gasteiger partial charge in [0.1, 0.15) is 11.2 Å². The Morgan fingerprint density at radius 1 is 0.370 bits per heavy atom. The summed E-state index contributed by atoms with van der Waals surface area (Å²) in [4.78, 5) is 2.33. The molecule has 0 unspecified atom stereocenters. The Balaban J connectivity index is 1.24. The molecule has 0 N–H and O–H groups in total. The molecule has 0 spiro atoms. The summed E-state index contributed by atoms with van der Waals surface area (Å²) in [5, 5.41) is 7.05. The molecule has 0 bridgehead atoms. The van der Waals surface area contributed by atoms with Crippen LogP contribution in [0.2, 0.25) is 0 Å². The van der Waals surface area contributed by atoms with E-state index in [-0.39, 0.29) is 0 Å². The summed E-state index contributed by atoms with van der Waals surface area (Å²) >= 11 is 0. The molecule has 2 nitrogen and oxygen atoms in total. The molecule has 0 atom stereocenters. The maximum absolute atomic E-state index is 6.66. The standard InChI is InChI=1S/C44H29NO/c1-3-12-31(13-4-1)40-28-33-15-8-10-20-39(33)44-43(40)41-29-36(26-27-42(41)46-44)45(34-17-5-2-6-18-34)35-24-22-32(23-25-35)38-21-11-16-30-14-7-9-19-37(30)38/h1-29H. The van der Waals surface area contributed by atoms with E-state index >= 15 is 0 Å². The molecular weight excluding hydrogens is 558 g/mol. The van der Waals surface area contributed by atoms with Crippen molar-refractivity contribution in [3.05, 3.63) is 176 Å². The molecule has 0 aliphatic rings. The van der Waals surface area contributed by atoms with Crippen LogP contribution in [0.25, 0.3) is 65.7 Å². The number of hydrogen-bond acceptors (Lipinski definition) is 2. The van der Waals surface area contributed by atoms with Gasteiger partial charge in [-0.1, -0.05) is 127 Å². The predicted molar refractivity (Wildman–Crippen MR) is 194 cm³/mol. The number of fused-ring (bicyclic) bond motifs is 6. The maximum Gasteiger partial charge on any atom is 0.143 e. The van der Waals surface area contributed by atoms with Crippen molar-refractivity contribution in [3.8, 4) is 22.3 Å². The van der Waals surface area contributed by atoms with Crippen molar-refractivity contribution in [2.45, 2.75) is 0 Å². The zero-order chi connectivity index (χ0) is 30.5. The molecule has 9 rings (SSSR count). The third-order valence-corrected chi connectivity index (χ3v) is 9.03. The number of para-hydroxylation sites is 1. The Morgan fingerprint density at radius 3 is 1.78 bits per heavy atom. The van der Waals surface area contributed by atoms with Gasteiger partial charge in [-0.25, -0.2) is 0 Å². The molecule has 8 aromatic carbocycles. The van der Waals surface area contributed by atoms with Gasteiger partial charge in [0.2, 0.25) is 0 Å². The van der Waals surface area contributed by atoms with Crippen molar-refractivity contribution < 1.29 is 4.42 Å². The second kappa shape index (κ2) is 10.8. The van der Waals surface area contributed by atoms with E-state index in [1.54, 1.807) is 0 Å². The molecule has 0 radical (unpaired) electrons. The highest BCUT2D eigenvalue weighted by atomic mass is 16.3. The van der Waals surface area contributed by atoms with Crippen LogP contribution in [0.5, 0.6) is 0 Å². The van der Waals surface area contributed by atoms with Gasteiger partial charge in [-0.15, -0.1) is 0 Å². The number of furan rings is 1. The lowest BCUT2D eigenvalue weighted by Crippen LogP contribution is -2.09. The van der Waals surface area contributed by atoms with E-state index in [9.17, 15) is 0 Å². The van der Waals surface area contributed by atoms with Crippen LogP contribution >= 0.6 is 0 Å². The first-order valence-electron chi connectivity index (χ1n) is 15.7. The Kier molecular flexibility index (Phi) is 6.17. The zero-order valence-corrected chi connectivity index (χ0v) is 25.1. The second-order valence-corrected chi connectivity index (χ2v) is 11.7. The number of anilines is 3. The van der Waals surface area contributed by atoms with Crippen LogP contribution in [0, 0.1) is 0 Å². The normalized spacial score (nSPS) is 11.5. The highest BCUT2D eigenvalue weighted by Crippen LogP contribution is 2.44. The van der Waals surface area contributed by atoms with Gasteiger partial charge in [0.25, 0.3) is 0 Å². The lowest BCUT2D eigenvalue weighted by molar-refractivity contribution is 0.673. The van der Waals surface area contributed by atoms with Gasteiger partial charge in [-0.3, -0.25) is 0 Å². The van der Waals surface area contributed by atoms with Crippen molar-refractivity contribution in [3.63, 3.8) is 0 Å². The predicted octanol–water partition coefficient (Wildman–Crippen LogP) is 12.7. The Labute approximate surface area is 267 Å². The summed E-state index contributed by atoms with van der Waals surface area (Å²) < 4.78 is 6.66. The van der Waals surface area contributed by atoms with E-state index in [1.165, 1.54) is 38.4 Å². The van der Waals surface area contributed by atoms with E-state index in [0.717, 1.165) is 44.4 Å². The molecule has 1 heterocycles. The van der Waals surface area contributed by atoms with E-state index in [2.05, 4.69) is 181 Å². The first-order chi connectivity index (χ1) is 22.8. The molecule has 0 aliphatic carbocycles. The summed E-state index contributed by atoms with van der Waals surface area (Å²) in [7, 11) is 0. The second-order valence-electron chi connectivity index (χ2n) is 11.7. The molecular formula is C44H29NO. The van der Waals surface area contributed by atoms with Gasteiger partial charge in [0.05, 0.1) is 0 Å². The summed E-state index contributed by atoms with van der Waals surface area (Å²) in [6.45, 7) is 0. The van der Waals surface area contributed by atoms with E-state index < -0.39 is 0 Å². The molecule has 0 aliphatic heterocycles. The average molecular weight is 588 g/mol. The van der Waals surface area contributed by atoms with Crippen LogP contribution in [-0.4, -0.2) is 0 Å². The number of nitrogens with zero attached hydrogens (tertiary/aromatic N) is 1. The Bertz CT molecular complexity index is 2510. The number of benzene rings is 8. The van der Waals surface area contributed by atoms with E-state index in [0.29, 0.717) is 0 Å². The topological polar surface area (TPSA) is 16.4 Å². The largest absolute Gasteiger partial charge is 0.455 e. The van der Waals surface area contributed by atoms with Gasteiger partial charge in [0.15, 0.2) is 0 Å². The van der Waals surface area contributed by atoms with E-state index in [1.807, 2.05) is 0 Å². The summed E-state index contributed by atoms with van der Waals surface area (Å²) in [6.07, 6.45) is 0. The molecule has 216 valence electrons. The van der Waals surface area contributed by atoms with Gasteiger partial charge in [-0.05, 0) is 86.9 Å². The Morgan fingerprint density at radius 2 is 0.978 bits per heavy atom. The van der Waals surface area contributed by atoms with Gasteiger partial charge in [0, 0.05) is 33.2 Å². The van der Waals surface area contributed by atoms with Crippen LogP contribution in [0.3, 0.4) is 0 Å². The fourth-order valence-electron chi connectivity index (χ4n) is 6.88. The SMILES string of the molecule is c1ccc(-c2cc3ccccc3c3oc4ccc(N(c5ccccc5)c5ccc(-c6cccc7ccccc67)cc5)cc4c23)cc1. The fourth-order valence-corrected chi connectivity index (χ4v) is 6.88. The Hall–Kier alpha value is -6.12. The van der Waals surface area contributed by atoms with Gasteiger partial charge >= 0.3 is 0 Å². The molecule has 0 amide bonds. The van der Waals surface area contributed by atoms with Crippen LogP contribution in [-0.2, 0) is 0 Å². The number of hydrogen-bond donors (Lipinski definition) is 0. The number of rotatable bonds is 5. The highest BCUT2D eigenvalue weighted by Gasteiger charge is 2.19. The van der Waals surface area contributed by atoms with Gasteiger partial charge < -0.3 is 9.32 Å². The quantitative estimate of drug-likeness (QED) is 0.199. The zero-order valence-electron chi connectivity index (χ0n) is 25.1. The molecule has 0 saturated carbocycles. The van der Waals surface area contributed by atoms with Crippen molar-refractivity contribution in [2.75, 3.05) is 4.90 Å². The van der Waals surface area contributed by atoms with Crippen LogP contribution < -0.4 is 4.90 Å². The minimum absolute atomic E-state index is 0.881. The minimum atomic E-state index is 0.881. The van der Waals surface area contributed by atoms with Crippen molar-refractivity contribution >= 4 is 60.5 Å². The molecule has 46 heavy (non-hydrogen) atoms. The lowest BCUT2D eigenvalue weighted by atomic mass is 9.95. The summed E-state index contributed by atoms with van der Waals surface area (Å²) in [6, 6.07) is 62.6. The first kappa shape index (κ1) is 26.3. The summed E-state index contributed by atoms with van der Waals surface area (Å²) in [5.41, 5.74) is 9.86. The lowest BCUT2D eigenvalue weighted by Gasteiger charge is -2.26. The fraction of sp³-hybridized carbons (Fsp3) is 0. The molecule has 9 aromatic rings. The molecule has 0 saturated heterocycles. The highest BCUT2D eigenvalue weighted by molar-refractivity contribution is 6.21. The third-order valence-electron chi connectivity index (χ3n) is 9.03. The smallest absolute Gasteiger partial charge is 0.143 e. The van der Waals surface area contributed by atoms with Crippen molar-refractivity contribution in [1.82, 2.24) is 0 Å². The van der Waals surface area contributed by atoms with Crippen LogP contribution in [0.15, 0.2) is 180 Å². The van der Waals surface area contributed by atoms with E-state index in [4.69, 9.17) is 4.42 Å². The summed E-state index contributed by atoms with van der Waals surface area (Å²) in [5.74, 6) is 0. The molecule has 2 heteroatoms. The van der Waals surface area contributed by atoms with Crippen molar-refractivity contribution in [1.29, 1.82) is 0 Å². The third kappa shape index (κ3) is 4.35. The van der Waals surface area contributed by atoms with Gasteiger partial charge in [-0.2, -0.15) is 0 Å². The first-order valence-corrected chi connectivity index (χ1v) is 15.7. The molecule has 0 fully saturated rings. The minimum Gasteiger partial charge on any atom is -0.455 e. The van der Waals surface area contributed by atoms with Crippen LogP contribution in [0.4, 0.5) is 17.1 Å². The van der Waals surface area contributed by atoms with Crippen LogP contribution in [0.1, 0.15) is 0 Å². The monoisotopic (exact) mass is 587 g/mol. The average Bonchev–Trinajstić information content (AvgIpc) is 3.52. The maximum atomic E-state index is 6.66.